The van der Waals surface area contributed by atoms with Crippen molar-refractivity contribution in [3.05, 3.63) is 16.1 Å². The highest BCUT2D eigenvalue weighted by atomic mass is 32.1. The van der Waals surface area contributed by atoms with Crippen LogP contribution in [-0.4, -0.2) is 23.1 Å². The molecular weight excluding hydrogens is 266 g/mol. The van der Waals surface area contributed by atoms with Gasteiger partial charge in [-0.25, -0.2) is 9.97 Å². The monoisotopic (exact) mass is 283 g/mol. The second-order valence-corrected chi connectivity index (χ2v) is 6.23. The van der Waals surface area contributed by atoms with Crippen molar-refractivity contribution < 1.29 is 4.74 Å². The molecule has 6 heteroatoms. The van der Waals surface area contributed by atoms with Gasteiger partial charge in [0.15, 0.2) is 5.13 Å². The number of ether oxygens (including phenoxy) is 1. The van der Waals surface area contributed by atoms with Crippen molar-refractivity contribution in [2.45, 2.75) is 33.4 Å². The minimum Gasteiger partial charge on any atom is -0.378 e. The van der Waals surface area contributed by atoms with Gasteiger partial charge in [0.2, 0.25) is 0 Å². The number of aryl methyl sites for hydroxylation is 1. The lowest BCUT2D eigenvalue weighted by atomic mass is 10.3. The topological polar surface area (TPSA) is 47.0 Å². The molecule has 4 nitrogen and oxygen atoms in total. The summed E-state index contributed by atoms with van der Waals surface area (Å²) in [6.07, 6.45) is 0. The normalized spacial score (nSPS) is 11.2. The van der Waals surface area contributed by atoms with E-state index in [1.54, 1.807) is 29.8 Å². The second-order valence-electron chi connectivity index (χ2n) is 4.29. The molecular formula is C12H17N3OS2. The molecule has 0 radical (unpaired) electrons. The van der Waals surface area contributed by atoms with Crippen molar-refractivity contribution in [3.8, 4) is 10.6 Å². The molecule has 18 heavy (non-hydrogen) atoms. The predicted molar refractivity (Wildman–Crippen MR) is 77.4 cm³/mol. The third-order valence-corrected chi connectivity index (χ3v) is 4.18. The van der Waals surface area contributed by atoms with Crippen LogP contribution in [0.3, 0.4) is 0 Å². The molecule has 0 aliphatic heterocycles. The number of methoxy groups -OCH3 is 1. The van der Waals surface area contributed by atoms with Gasteiger partial charge in [0, 0.05) is 18.5 Å². The van der Waals surface area contributed by atoms with Crippen LogP contribution in [0.25, 0.3) is 10.6 Å². The van der Waals surface area contributed by atoms with Crippen LogP contribution in [-0.2, 0) is 11.3 Å². The Morgan fingerprint density at radius 2 is 2.17 bits per heavy atom. The lowest BCUT2D eigenvalue weighted by Gasteiger charge is -2.04. The molecule has 0 saturated heterocycles. The van der Waals surface area contributed by atoms with Gasteiger partial charge in [-0.05, 0) is 20.8 Å². The fourth-order valence-corrected chi connectivity index (χ4v) is 3.49. The molecule has 0 atom stereocenters. The van der Waals surface area contributed by atoms with Gasteiger partial charge in [0.05, 0.1) is 22.9 Å². The van der Waals surface area contributed by atoms with Crippen LogP contribution in [0, 0.1) is 6.92 Å². The first kappa shape index (κ1) is 13.5. The fourth-order valence-electron chi connectivity index (χ4n) is 1.57. The van der Waals surface area contributed by atoms with Crippen molar-refractivity contribution >= 4 is 27.8 Å². The fraction of sp³-hybridized carbons (Fsp3) is 0.500. The Labute approximate surface area is 115 Å². The van der Waals surface area contributed by atoms with Gasteiger partial charge in [-0.1, -0.05) is 0 Å². The van der Waals surface area contributed by atoms with E-state index in [1.807, 2.05) is 6.92 Å². The van der Waals surface area contributed by atoms with E-state index < -0.39 is 0 Å². The Bertz CT molecular complexity index is 519. The number of hydrogen-bond donors (Lipinski definition) is 1. The van der Waals surface area contributed by atoms with E-state index in [9.17, 15) is 0 Å². The van der Waals surface area contributed by atoms with Crippen molar-refractivity contribution in [2.75, 3.05) is 12.4 Å². The van der Waals surface area contributed by atoms with Gasteiger partial charge in [0.25, 0.3) is 0 Å². The van der Waals surface area contributed by atoms with E-state index in [1.165, 1.54) is 0 Å². The summed E-state index contributed by atoms with van der Waals surface area (Å²) in [5, 5.41) is 7.34. The van der Waals surface area contributed by atoms with Gasteiger partial charge < -0.3 is 10.1 Å². The summed E-state index contributed by atoms with van der Waals surface area (Å²) >= 11 is 3.28. The molecule has 0 aliphatic rings. The average molecular weight is 283 g/mol. The van der Waals surface area contributed by atoms with E-state index in [0.29, 0.717) is 12.6 Å². The molecule has 98 valence electrons. The Kier molecular flexibility index (Phi) is 4.31. The van der Waals surface area contributed by atoms with Gasteiger partial charge >= 0.3 is 0 Å². The summed E-state index contributed by atoms with van der Waals surface area (Å²) in [6, 6.07) is 0.399. The number of rotatable bonds is 5. The molecule has 0 bridgehead atoms. The quantitative estimate of drug-likeness (QED) is 0.911. The van der Waals surface area contributed by atoms with Crippen LogP contribution in [0.4, 0.5) is 5.13 Å². The highest BCUT2D eigenvalue weighted by molar-refractivity contribution is 7.16. The first-order chi connectivity index (χ1) is 8.60. The second kappa shape index (κ2) is 5.77. The highest BCUT2D eigenvalue weighted by Crippen LogP contribution is 2.32. The molecule has 2 aromatic heterocycles. The largest absolute Gasteiger partial charge is 0.378 e. The summed E-state index contributed by atoms with van der Waals surface area (Å²) < 4.78 is 5.11. The summed E-state index contributed by atoms with van der Waals surface area (Å²) in [5.74, 6) is 0. The standard InChI is InChI=1S/C12H17N3OS2/c1-7(2)13-12-15-9(6-17-12)11-8(3)14-10(18-11)5-16-4/h6-7H,5H2,1-4H3,(H,13,15). The molecule has 0 spiro atoms. The summed E-state index contributed by atoms with van der Waals surface area (Å²) in [6.45, 7) is 6.79. The van der Waals surface area contributed by atoms with Crippen LogP contribution in [0.15, 0.2) is 5.38 Å². The molecule has 0 amide bonds. The average Bonchev–Trinajstić information content (AvgIpc) is 2.85. The van der Waals surface area contributed by atoms with Crippen LogP contribution < -0.4 is 5.32 Å². The number of anilines is 1. The molecule has 0 aliphatic carbocycles. The van der Waals surface area contributed by atoms with E-state index in [2.05, 4.69) is 34.5 Å². The minimum atomic E-state index is 0.399. The smallest absolute Gasteiger partial charge is 0.183 e. The summed E-state index contributed by atoms with van der Waals surface area (Å²) in [5.41, 5.74) is 2.02. The number of aromatic nitrogens is 2. The van der Waals surface area contributed by atoms with Gasteiger partial charge in [0.1, 0.15) is 5.01 Å². The van der Waals surface area contributed by atoms with Gasteiger partial charge in [-0.15, -0.1) is 22.7 Å². The van der Waals surface area contributed by atoms with Crippen LogP contribution in [0.1, 0.15) is 24.5 Å². The Balaban J connectivity index is 2.22. The zero-order chi connectivity index (χ0) is 13.1. The van der Waals surface area contributed by atoms with Crippen LogP contribution in [0.2, 0.25) is 0 Å². The first-order valence-electron chi connectivity index (χ1n) is 5.78. The molecule has 0 aromatic carbocycles. The molecule has 0 saturated carbocycles. The van der Waals surface area contributed by atoms with Crippen molar-refractivity contribution in [3.63, 3.8) is 0 Å². The van der Waals surface area contributed by atoms with E-state index >= 15 is 0 Å². The molecule has 0 unspecified atom stereocenters. The zero-order valence-corrected chi connectivity index (χ0v) is 12.6. The van der Waals surface area contributed by atoms with Crippen LogP contribution >= 0.6 is 22.7 Å². The summed E-state index contributed by atoms with van der Waals surface area (Å²) in [4.78, 5) is 10.2. The van der Waals surface area contributed by atoms with E-state index in [4.69, 9.17) is 4.74 Å². The third-order valence-electron chi connectivity index (χ3n) is 2.26. The Morgan fingerprint density at radius 3 is 2.83 bits per heavy atom. The lowest BCUT2D eigenvalue weighted by Crippen LogP contribution is -2.08. The third kappa shape index (κ3) is 3.07. The zero-order valence-electron chi connectivity index (χ0n) is 11.0. The van der Waals surface area contributed by atoms with E-state index in [0.717, 1.165) is 26.4 Å². The molecule has 2 rings (SSSR count). The molecule has 1 N–H and O–H groups in total. The Morgan fingerprint density at radius 1 is 1.39 bits per heavy atom. The van der Waals surface area contributed by atoms with Crippen LogP contribution in [0.5, 0.6) is 0 Å². The Hall–Kier alpha value is -0.980. The molecule has 2 heterocycles. The van der Waals surface area contributed by atoms with Gasteiger partial charge in [-0.3, -0.25) is 0 Å². The molecule has 0 fully saturated rings. The van der Waals surface area contributed by atoms with Gasteiger partial charge in [-0.2, -0.15) is 0 Å². The number of nitrogens with one attached hydrogen (secondary N) is 1. The lowest BCUT2D eigenvalue weighted by molar-refractivity contribution is 0.184. The predicted octanol–water partition coefficient (Wildman–Crippen LogP) is 3.54. The maximum absolute atomic E-state index is 5.11. The summed E-state index contributed by atoms with van der Waals surface area (Å²) in [7, 11) is 1.68. The van der Waals surface area contributed by atoms with Crippen molar-refractivity contribution in [1.29, 1.82) is 0 Å². The SMILES string of the molecule is COCc1nc(C)c(-c2csc(NC(C)C)n2)s1. The van der Waals surface area contributed by atoms with E-state index in [-0.39, 0.29) is 0 Å². The van der Waals surface area contributed by atoms with Crippen molar-refractivity contribution in [1.82, 2.24) is 9.97 Å². The van der Waals surface area contributed by atoms with Crippen molar-refractivity contribution in [2.24, 2.45) is 0 Å². The minimum absolute atomic E-state index is 0.399. The maximum atomic E-state index is 5.11. The maximum Gasteiger partial charge on any atom is 0.183 e. The number of nitrogens with zero attached hydrogens (tertiary/aromatic N) is 2. The number of thiazole rings is 2. The first-order valence-corrected chi connectivity index (χ1v) is 7.47. The number of hydrogen-bond acceptors (Lipinski definition) is 6. The highest BCUT2D eigenvalue weighted by Gasteiger charge is 2.13. The molecule has 2 aromatic rings.